The quantitative estimate of drug-likeness (QED) is 0.637. The Kier molecular flexibility index (Phi) is 3.84. The van der Waals surface area contributed by atoms with E-state index in [4.69, 9.17) is 9.47 Å². The van der Waals surface area contributed by atoms with Crippen molar-refractivity contribution in [3.8, 4) is 0 Å². The third-order valence-corrected chi connectivity index (χ3v) is 2.13. The molecule has 0 aromatic rings. The zero-order chi connectivity index (χ0) is 11.5. The number of hydrogen-bond acceptors (Lipinski definition) is 4. The van der Waals surface area contributed by atoms with E-state index in [2.05, 4.69) is 11.9 Å². The number of carbonyl (C=O) groups is 1. The maximum absolute atomic E-state index is 10.8. The highest BCUT2D eigenvalue weighted by atomic mass is 16.7. The molecule has 0 spiro atoms. The molecule has 1 saturated heterocycles. The zero-order valence-corrected chi connectivity index (χ0v) is 9.03. The standard InChI is InChI=1S/C10H17NO4/c1-4-9(13)11-5-7(12)8-6-14-10(2,3)15-8/h4,7-8,12H,1,5-6H2,2-3H3,(H,11,13)/t7?,8-/m1/s1. The summed E-state index contributed by atoms with van der Waals surface area (Å²) in [5, 5.41) is 12.2. The molecule has 1 amide bonds. The van der Waals surface area contributed by atoms with E-state index in [1.165, 1.54) is 0 Å². The minimum atomic E-state index is -0.768. The topological polar surface area (TPSA) is 67.8 Å². The van der Waals surface area contributed by atoms with Crippen LogP contribution >= 0.6 is 0 Å². The summed E-state index contributed by atoms with van der Waals surface area (Å²) in [6.07, 6.45) is -0.0105. The minimum Gasteiger partial charge on any atom is -0.388 e. The predicted octanol–water partition coefficient (Wildman–Crippen LogP) is -0.199. The van der Waals surface area contributed by atoms with Crippen LogP contribution in [0.2, 0.25) is 0 Å². The Morgan fingerprint density at radius 2 is 2.47 bits per heavy atom. The number of aliphatic hydroxyl groups is 1. The van der Waals surface area contributed by atoms with Crippen molar-refractivity contribution in [2.75, 3.05) is 13.2 Å². The summed E-state index contributed by atoms with van der Waals surface area (Å²) < 4.78 is 10.7. The molecule has 0 saturated carbocycles. The molecular formula is C10H17NO4. The van der Waals surface area contributed by atoms with Crippen LogP contribution in [0.5, 0.6) is 0 Å². The molecule has 86 valence electrons. The van der Waals surface area contributed by atoms with Gasteiger partial charge in [-0.15, -0.1) is 0 Å². The lowest BCUT2D eigenvalue weighted by molar-refractivity contribution is -0.150. The van der Waals surface area contributed by atoms with Gasteiger partial charge in [-0.25, -0.2) is 0 Å². The number of rotatable bonds is 4. The monoisotopic (exact) mass is 215 g/mol. The molecular weight excluding hydrogens is 198 g/mol. The molecule has 1 rings (SSSR count). The Balaban J connectivity index is 2.32. The van der Waals surface area contributed by atoms with Gasteiger partial charge in [-0.1, -0.05) is 6.58 Å². The molecule has 0 aromatic carbocycles. The van der Waals surface area contributed by atoms with E-state index < -0.39 is 18.0 Å². The second-order valence-electron chi connectivity index (χ2n) is 3.88. The highest BCUT2D eigenvalue weighted by Crippen LogP contribution is 2.23. The molecule has 1 unspecified atom stereocenters. The number of hydrogen-bond donors (Lipinski definition) is 2. The molecule has 0 aromatic heterocycles. The van der Waals surface area contributed by atoms with Gasteiger partial charge in [-0.2, -0.15) is 0 Å². The number of amides is 1. The Hall–Kier alpha value is -0.910. The molecule has 2 atom stereocenters. The van der Waals surface area contributed by atoms with Crippen LogP contribution in [-0.4, -0.2) is 42.2 Å². The van der Waals surface area contributed by atoms with Crippen molar-refractivity contribution in [2.24, 2.45) is 0 Å². The molecule has 0 aliphatic carbocycles. The van der Waals surface area contributed by atoms with Crippen LogP contribution < -0.4 is 5.32 Å². The molecule has 15 heavy (non-hydrogen) atoms. The number of nitrogens with one attached hydrogen (secondary N) is 1. The normalized spacial score (nSPS) is 25.9. The first-order chi connectivity index (χ1) is 6.94. The van der Waals surface area contributed by atoms with Gasteiger partial charge in [0.2, 0.25) is 5.91 Å². The summed E-state index contributed by atoms with van der Waals surface area (Å²) in [7, 11) is 0. The third kappa shape index (κ3) is 3.62. The summed E-state index contributed by atoms with van der Waals surface area (Å²) in [5.41, 5.74) is 0. The van der Waals surface area contributed by atoms with E-state index in [0.717, 1.165) is 6.08 Å². The average Bonchev–Trinajstić information content (AvgIpc) is 2.54. The predicted molar refractivity (Wildman–Crippen MR) is 54.1 cm³/mol. The SMILES string of the molecule is C=CC(=O)NCC(O)[C@H]1COC(C)(C)O1. The molecule has 5 heteroatoms. The average molecular weight is 215 g/mol. The van der Waals surface area contributed by atoms with Crippen LogP contribution in [0, 0.1) is 0 Å². The molecule has 0 bridgehead atoms. The Morgan fingerprint density at radius 1 is 1.80 bits per heavy atom. The Morgan fingerprint density at radius 3 is 2.93 bits per heavy atom. The summed E-state index contributed by atoms with van der Waals surface area (Å²) in [5.74, 6) is -0.971. The lowest BCUT2D eigenvalue weighted by atomic mass is 10.2. The number of ether oxygens (including phenoxy) is 2. The zero-order valence-electron chi connectivity index (χ0n) is 9.03. The fraction of sp³-hybridized carbons (Fsp3) is 0.700. The lowest BCUT2D eigenvalue weighted by Gasteiger charge is -2.20. The molecule has 1 aliphatic rings. The van der Waals surface area contributed by atoms with Gasteiger partial charge in [0, 0.05) is 6.54 Å². The van der Waals surface area contributed by atoms with E-state index >= 15 is 0 Å². The van der Waals surface area contributed by atoms with Gasteiger partial charge >= 0.3 is 0 Å². The molecule has 1 aliphatic heterocycles. The number of aliphatic hydroxyl groups excluding tert-OH is 1. The largest absolute Gasteiger partial charge is 0.388 e. The van der Waals surface area contributed by atoms with Crippen LogP contribution in [0.3, 0.4) is 0 Å². The maximum atomic E-state index is 10.8. The third-order valence-electron chi connectivity index (χ3n) is 2.13. The molecule has 0 radical (unpaired) electrons. The van der Waals surface area contributed by atoms with E-state index in [0.29, 0.717) is 6.61 Å². The van der Waals surface area contributed by atoms with E-state index in [1.807, 2.05) is 0 Å². The Labute approximate surface area is 89.1 Å². The van der Waals surface area contributed by atoms with Gasteiger partial charge in [-0.05, 0) is 19.9 Å². The first-order valence-corrected chi connectivity index (χ1v) is 4.85. The van der Waals surface area contributed by atoms with Gasteiger partial charge in [0.15, 0.2) is 5.79 Å². The smallest absolute Gasteiger partial charge is 0.243 e. The van der Waals surface area contributed by atoms with Crippen LogP contribution in [0.4, 0.5) is 0 Å². The van der Waals surface area contributed by atoms with Crippen molar-refractivity contribution in [1.29, 1.82) is 0 Å². The van der Waals surface area contributed by atoms with Gasteiger partial charge in [-0.3, -0.25) is 4.79 Å². The molecule has 2 N–H and O–H groups in total. The Bertz CT molecular complexity index is 252. The second kappa shape index (κ2) is 4.74. The van der Waals surface area contributed by atoms with Crippen molar-refractivity contribution >= 4 is 5.91 Å². The van der Waals surface area contributed by atoms with Crippen molar-refractivity contribution in [3.63, 3.8) is 0 Å². The van der Waals surface area contributed by atoms with Gasteiger partial charge in [0.25, 0.3) is 0 Å². The minimum absolute atomic E-state index is 0.134. The molecule has 5 nitrogen and oxygen atoms in total. The fourth-order valence-electron chi connectivity index (χ4n) is 1.31. The second-order valence-corrected chi connectivity index (χ2v) is 3.88. The van der Waals surface area contributed by atoms with Crippen molar-refractivity contribution in [1.82, 2.24) is 5.32 Å². The molecule has 1 fully saturated rings. The van der Waals surface area contributed by atoms with Crippen molar-refractivity contribution < 1.29 is 19.4 Å². The summed E-state index contributed by atoms with van der Waals surface area (Å²) in [6.45, 7) is 7.33. The van der Waals surface area contributed by atoms with Gasteiger partial charge < -0.3 is 19.9 Å². The van der Waals surface area contributed by atoms with Crippen LogP contribution in [0.25, 0.3) is 0 Å². The summed E-state index contributed by atoms with van der Waals surface area (Å²) in [6, 6.07) is 0. The molecule has 1 heterocycles. The van der Waals surface area contributed by atoms with Crippen molar-refractivity contribution in [3.05, 3.63) is 12.7 Å². The van der Waals surface area contributed by atoms with E-state index in [9.17, 15) is 9.90 Å². The summed E-state index contributed by atoms with van der Waals surface area (Å²) in [4.78, 5) is 10.8. The lowest BCUT2D eigenvalue weighted by Crippen LogP contribution is -2.40. The van der Waals surface area contributed by atoms with Crippen LogP contribution in [-0.2, 0) is 14.3 Å². The van der Waals surface area contributed by atoms with Gasteiger partial charge in [0.05, 0.1) is 12.7 Å². The van der Waals surface area contributed by atoms with Crippen LogP contribution in [0.15, 0.2) is 12.7 Å². The highest BCUT2D eigenvalue weighted by Gasteiger charge is 2.36. The first-order valence-electron chi connectivity index (χ1n) is 4.85. The fourth-order valence-corrected chi connectivity index (χ4v) is 1.31. The van der Waals surface area contributed by atoms with E-state index in [-0.39, 0.29) is 12.5 Å². The highest BCUT2D eigenvalue weighted by molar-refractivity contribution is 5.86. The van der Waals surface area contributed by atoms with Crippen LogP contribution in [0.1, 0.15) is 13.8 Å². The summed E-state index contributed by atoms with van der Waals surface area (Å²) >= 11 is 0. The van der Waals surface area contributed by atoms with Crippen molar-refractivity contribution in [2.45, 2.75) is 31.8 Å². The maximum Gasteiger partial charge on any atom is 0.243 e. The van der Waals surface area contributed by atoms with Gasteiger partial charge in [0.1, 0.15) is 6.10 Å². The first kappa shape index (κ1) is 12.2. The van der Waals surface area contributed by atoms with E-state index in [1.54, 1.807) is 13.8 Å². The number of carbonyl (C=O) groups excluding carboxylic acids is 1.